The average Bonchev–Trinajstić information content (AvgIpc) is 2.04. The molecule has 0 amide bonds. The molecule has 0 bridgehead atoms. The Bertz CT molecular complexity index is 389. The fraction of sp³-hybridized carbons (Fsp3) is 0. The summed E-state index contributed by atoms with van der Waals surface area (Å²) in [5, 5.41) is 0. The third kappa shape index (κ3) is 1.03. The monoisotopic (exact) mass is 146 g/mol. The molecule has 0 aromatic carbocycles. The fourth-order valence-corrected chi connectivity index (χ4v) is 1.01. The van der Waals surface area contributed by atoms with Crippen LogP contribution in [0.15, 0.2) is 45.8 Å². The van der Waals surface area contributed by atoms with Crippen LogP contribution in [0.1, 0.15) is 0 Å². The van der Waals surface area contributed by atoms with Gasteiger partial charge in [-0.25, -0.2) is 0 Å². The lowest BCUT2D eigenvalue weighted by atomic mass is 10.1. The van der Waals surface area contributed by atoms with Crippen molar-refractivity contribution in [3.05, 3.63) is 46.8 Å². The molecule has 0 fully saturated rings. The third-order valence-electron chi connectivity index (χ3n) is 1.53. The summed E-state index contributed by atoms with van der Waals surface area (Å²) in [6.45, 7) is 0. The molecule has 2 nitrogen and oxygen atoms in total. The van der Waals surface area contributed by atoms with Crippen molar-refractivity contribution in [2.75, 3.05) is 0 Å². The second-order valence-electron chi connectivity index (χ2n) is 2.31. The summed E-state index contributed by atoms with van der Waals surface area (Å²) in [6, 6.07) is 8.46. The van der Waals surface area contributed by atoms with Crippen molar-refractivity contribution in [2.45, 2.75) is 0 Å². The van der Waals surface area contributed by atoms with E-state index in [1.165, 1.54) is 12.1 Å². The van der Waals surface area contributed by atoms with Gasteiger partial charge in [-0.05, 0) is 24.3 Å². The molecular formula is C9H6O2. The molecule has 54 valence electrons. The first-order valence-corrected chi connectivity index (χ1v) is 3.34. The Kier molecular flexibility index (Phi) is 1.25. The average molecular weight is 146 g/mol. The van der Waals surface area contributed by atoms with E-state index in [2.05, 4.69) is 0 Å². The zero-order valence-electron chi connectivity index (χ0n) is 5.78. The standard InChI is InChI=1S/C9H6O2/c10-8-4-3-7-2-1-5-11-9(7)6-8/h1-6H. The van der Waals surface area contributed by atoms with Gasteiger partial charge in [0.15, 0.2) is 5.43 Å². The molecule has 0 atom stereocenters. The van der Waals surface area contributed by atoms with Gasteiger partial charge in [0.1, 0.15) is 5.76 Å². The lowest BCUT2D eigenvalue weighted by Gasteiger charge is -1.99. The van der Waals surface area contributed by atoms with E-state index in [0.29, 0.717) is 5.76 Å². The number of hydrogen-bond acceptors (Lipinski definition) is 2. The molecule has 1 aliphatic carbocycles. The molecule has 11 heavy (non-hydrogen) atoms. The van der Waals surface area contributed by atoms with Gasteiger partial charge in [0.25, 0.3) is 0 Å². The Hall–Kier alpha value is -1.57. The topological polar surface area (TPSA) is 30.2 Å². The highest BCUT2D eigenvalue weighted by Crippen LogP contribution is 2.17. The highest BCUT2D eigenvalue weighted by Gasteiger charge is 2.00. The predicted molar refractivity (Wildman–Crippen MR) is 41.6 cm³/mol. The highest BCUT2D eigenvalue weighted by atomic mass is 16.3. The smallest absolute Gasteiger partial charge is 0.182 e. The molecule has 0 aromatic rings. The Morgan fingerprint density at radius 3 is 3.00 bits per heavy atom. The van der Waals surface area contributed by atoms with Crippen molar-refractivity contribution in [3.63, 3.8) is 0 Å². The van der Waals surface area contributed by atoms with Gasteiger partial charge in [-0.15, -0.1) is 0 Å². The molecule has 2 rings (SSSR count). The van der Waals surface area contributed by atoms with Crippen molar-refractivity contribution in [2.24, 2.45) is 0 Å². The molecule has 0 saturated carbocycles. The van der Waals surface area contributed by atoms with Crippen molar-refractivity contribution >= 4 is 0 Å². The van der Waals surface area contributed by atoms with Crippen LogP contribution < -0.4 is 5.43 Å². The van der Waals surface area contributed by atoms with E-state index in [1.54, 1.807) is 18.4 Å². The van der Waals surface area contributed by atoms with Crippen LogP contribution in [0.3, 0.4) is 0 Å². The maximum Gasteiger partial charge on any atom is 0.182 e. The Balaban J connectivity index is 2.84. The van der Waals surface area contributed by atoms with Gasteiger partial charge in [0.2, 0.25) is 0 Å². The molecule has 0 radical (unpaired) electrons. The van der Waals surface area contributed by atoms with Gasteiger partial charge < -0.3 is 4.42 Å². The minimum absolute atomic E-state index is 0.0209. The highest BCUT2D eigenvalue weighted by molar-refractivity contribution is 5.57. The maximum atomic E-state index is 10.8. The second kappa shape index (κ2) is 2.23. The van der Waals surface area contributed by atoms with E-state index >= 15 is 0 Å². The quantitative estimate of drug-likeness (QED) is 0.566. The van der Waals surface area contributed by atoms with Gasteiger partial charge in [-0.1, -0.05) is 0 Å². The molecule has 0 N–H and O–H groups in total. The molecule has 2 heteroatoms. The van der Waals surface area contributed by atoms with Crippen molar-refractivity contribution in [1.82, 2.24) is 0 Å². The molecule has 0 saturated heterocycles. The van der Waals surface area contributed by atoms with E-state index < -0.39 is 0 Å². The number of fused-ring (bicyclic) bond motifs is 1. The van der Waals surface area contributed by atoms with E-state index in [-0.39, 0.29) is 5.43 Å². The van der Waals surface area contributed by atoms with E-state index in [4.69, 9.17) is 4.42 Å². The summed E-state index contributed by atoms with van der Waals surface area (Å²) in [5.41, 5.74) is 0.930. The molecule has 0 unspecified atom stereocenters. The van der Waals surface area contributed by atoms with Crippen LogP contribution in [0.4, 0.5) is 0 Å². The fourth-order valence-electron chi connectivity index (χ4n) is 1.01. The predicted octanol–water partition coefficient (Wildman–Crippen LogP) is 1.74. The first-order chi connectivity index (χ1) is 5.36. The van der Waals surface area contributed by atoms with E-state index in [0.717, 1.165) is 5.56 Å². The lowest BCUT2D eigenvalue weighted by Crippen LogP contribution is -1.96. The van der Waals surface area contributed by atoms with Gasteiger partial charge in [0.05, 0.1) is 6.26 Å². The number of rotatable bonds is 0. The Morgan fingerprint density at radius 2 is 2.09 bits per heavy atom. The normalized spacial score (nSPS) is 10.2. The molecule has 0 spiro atoms. The van der Waals surface area contributed by atoms with E-state index in [9.17, 15) is 4.79 Å². The molecule has 2 aliphatic rings. The van der Waals surface area contributed by atoms with Crippen molar-refractivity contribution in [3.8, 4) is 11.3 Å². The van der Waals surface area contributed by atoms with Gasteiger partial charge >= 0.3 is 0 Å². The molecule has 1 heterocycles. The largest absolute Gasteiger partial charge is 0.464 e. The zero-order valence-corrected chi connectivity index (χ0v) is 5.78. The lowest BCUT2D eigenvalue weighted by molar-refractivity contribution is 0.565. The van der Waals surface area contributed by atoms with Gasteiger partial charge in [-0.2, -0.15) is 0 Å². The summed E-state index contributed by atoms with van der Waals surface area (Å²) >= 11 is 0. The Labute approximate surface area is 63.4 Å². The Morgan fingerprint density at radius 1 is 1.18 bits per heavy atom. The summed E-state index contributed by atoms with van der Waals surface area (Å²) in [5.74, 6) is 0.639. The van der Waals surface area contributed by atoms with Crippen LogP contribution in [-0.2, 0) is 0 Å². The van der Waals surface area contributed by atoms with Gasteiger partial charge in [-0.3, -0.25) is 4.79 Å². The maximum absolute atomic E-state index is 10.8. The summed E-state index contributed by atoms with van der Waals surface area (Å²) in [7, 11) is 0. The van der Waals surface area contributed by atoms with Crippen LogP contribution >= 0.6 is 0 Å². The summed E-state index contributed by atoms with van der Waals surface area (Å²) in [4.78, 5) is 10.8. The van der Waals surface area contributed by atoms with Crippen LogP contribution in [-0.4, -0.2) is 0 Å². The summed E-state index contributed by atoms with van der Waals surface area (Å²) in [6.07, 6.45) is 1.56. The third-order valence-corrected chi connectivity index (χ3v) is 1.53. The minimum atomic E-state index is -0.0209. The minimum Gasteiger partial charge on any atom is -0.464 e. The number of hydrogen-bond donors (Lipinski definition) is 0. The SMILES string of the molecule is O=c1ccc2cccoc-2c1. The molecular weight excluding hydrogens is 140 g/mol. The van der Waals surface area contributed by atoms with Crippen molar-refractivity contribution < 1.29 is 4.42 Å². The first-order valence-electron chi connectivity index (χ1n) is 3.34. The van der Waals surface area contributed by atoms with Crippen LogP contribution in [0.25, 0.3) is 11.3 Å². The number of benzene rings is 1. The van der Waals surface area contributed by atoms with Crippen LogP contribution in [0.2, 0.25) is 0 Å². The van der Waals surface area contributed by atoms with Crippen LogP contribution in [0.5, 0.6) is 0 Å². The zero-order chi connectivity index (χ0) is 7.68. The molecule has 1 aliphatic heterocycles. The van der Waals surface area contributed by atoms with Crippen LogP contribution in [0, 0.1) is 0 Å². The first kappa shape index (κ1) is 6.16. The van der Waals surface area contributed by atoms with Gasteiger partial charge in [0, 0.05) is 11.6 Å². The molecule has 0 aromatic heterocycles. The second-order valence-corrected chi connectivity index (χ2v) is 2.31. The van der Waals surface area contributed by atoms with Crippen molar-refractivity contribution in [1.29, 1.82) is 0 Å². The summed E-state index contributed by atoms with van der Waals surface area (Å²) < 4.78 is 5.09. The van der Waals surface area contributed by atoms with E-state index in [1.807, 2.05) is 6.07 Å².